The van der Waals surface area contributed by atoms with Crippen LogP contribution < -0.4 is 0 Å². The number of nitrogens with zero attached hydrogens (tertiary/aromatic N) is 1. The van der Waals surface area contributed by atoms with Gasteiger partial charge in [-0.05, 0) is 66.8 Å². The molecule has 1 saturated carbocycles. The summed E-state index contributed by atoms with van der Waals surface area (Å²) in [5, 5.41) is 10.4. The Balaban J connectivity index is 1.44. The van der Waals surface area contributed by atoms with Crippen LogP contribution in [0.15, 0.2) is 42.5 Å². The van der Waals surface area contributed by atoms with E-state index in [1.165, 1.54) is 24.0 Å². The van der Waals surface area contributed by atoms with E-state index in [0.29, 0.717) is 18.3 Å². The zero-order chi connectivity index (χ0) is 20.0. The number of carbonyl (C=O) groups excluding carboxylic acids is 1. The molecule has 4 heteroatoms. The van der Waals surface area contributed by atoms with Gasteiger partial charge in [-0.25, -0.2) is 4.79 Å². The summed E-state index contributed by atoms with van der Waals surface area (Å²) in [7, 11) is 0. The van der Waals surface area contributed by atoms with Gasteiger partial charge in [0.25, 0.3) is 0 Å². The van der Waals surface area contributed by atoms with Crippen LogP contribution in [0.5, 0.6) is 5.75 Å². The molecular formula is C25H29NO3. The average molecular weight is 392 g/mol. The number of hydrogen-bond acceptors (Lipinski definition) is 3. The Morgan fingerprint density at radius 2 is 2.03 bits per heavy atom. The van der Waals surface area contributed by atoms with Crippen molar-refractivity contribution in [1.29, 1.82) is 0 Å². The van der Waals surface area contributed by atoms with Crippen molar-refractivity contribution < 1.29 is 14.6 Å². The maximum atomic E-state index is 13.0. The third-order valence-electron chi connectivity index (χ3n) is 7.59. The number of hydrogen-bond donors (Lipinski definition) is 1. The minimum atomic E-state index is -0.183. The standard InChI is InChI=1S/C25H29NO3/c1-17-13-19-14-22-20-9-5-6-10-25(20,21(19)15-23(17)27)11-12-26(22)24(28)29-16-18-7-3-2-4-8-18/h2-4,7-8,13,15,20,22,27H,5-6,9-12,14,16H2,1H3/t20-,22+,25+/m1/s1. The minimum absolute atomic E-state index is 0.109. The van der Waals surface area contributed by atoms with Crippen LogP contribution in [0.2, 0.25) is 0 Å². The maximum absolute atomic E-state index is 13.0. The quantitative estimate of drug-likeness (QED) is 0.775. The molecule has 2 aromatic rings. The summed E-state index contributed by atoms with van der Waals surface area (Å²) >= 11 is 0. The van der Waals surface area contributed by atoms with Crippen molar-refractivity contribution in [2.75, 3.05) is 6.54 Å². The molecule has 1 aliphatic heterocycles. The van der Waals surface area contributed by atoms with E-state index >= 15 is 0 Å². The van der Waals surface area contributed by atoms with Crippen molar-refractivity contribution in [1.82, 2.24) is 4.90 Å². The number of fused-ring (bicyclic) bond motifs is 1. The number of amides is 1. The SMILES string of the molecule is Cc1cc2c(cc1O)[C@]13CCCC[C@@H]1[C@H](C2)N(C(=O)OCc1ccccc1)CC3. The molecule has 0 spiro atoms. The molecule has 2 fully saturated rings. The number of benzene rings is 2. The highest BCUT2D eigenvalue weighted by Gasteiger charge is 2.55. The number of ether oxygens (including phenoxy) is 1. The lowest BCUT2D eigenvalue weighted by Crippen LogP contribution is -2.62. The van der Waals surface area contributed by atoms with Crippen molar-refractivity contribution in [3.63, 3.8) is 0 Å². The van der Waals surface area contributed by atoms with Crippen LogP contribution in [-0.2, 0) is 23.2 Å². The molecule has 1 N–H and O–H groups in total. The minimum Gasteiger partial charge on any atom is -0.508 e. The van der Waals surface area contributed by atoms with Gasteiger partial charge < -0.3 is 14.7 Å². The smallest absolute Gasteiger partial charge is 0.410 e. The Morgan fingerprint density at radius 1 is 1.21 bits per heavy atom. The largest absolute Gasteiger partial charge is 0.508 e. The molecule has 29 heavy (non-hydrogen) atoms. The van der Waals surface area contributed by atoms with Gasteiger partial charge in [-0.2, -0.15) is 0 Å². The van der Waals surface area contributed by atoms with Crippen LogP contribution in [-0.4, -0.2) is 28.7 Å². The van der Waals surface area contributed by atoms with Crippen molar-refractivity contribution in [2.24, 2.45) is 5.92 Å². The second-order valence-electron chi connectivity index (χ2n) is 9.06. The van der Waals surface area contributed by atoms with Crippen molar-refractivity contribution >= 4 is 6.09 Å². The average Bonchev–Trinajstić information content (AvgIpc) is 2.74. The molecule has 0 unspecified atom stereocenters. The summed E-state index contributed by atoms with van der Waals surface area (Å²) < 4.78 is 5.71. The fraction of sp³-hybridized carbons (Fsp3) is 0.480. The molecular weight excluding hydrogens is 362 g/mol. The van der Waals surface area contributed by atoms with Gasteiger partial charge in [-0.1, -0.05) is 49.2 Å². The van der Waals surface area contributed by atoms with E-state index in [2.05, 4.69) is 6.07 Å². The third kappa shape index (κ3) is 3.00. The Hall–Kier alpha value is -2.49. The van der Waals surface area contributed by atoms with Gasteiger partial charge >= 0.3 is 6.09 Å². The zero-order valence-corrected chi connectivity index (χ0v) is 17.1. The summed E-state index contributed by atoms with van der Waals surface area (Å²) in [6.07, 6.45) is 6.42. The molecule has 3 atom stereocenters. The van der Waals surface area contributed by atoms with Gasteiger partial charge in [-0.3, -0.25) is 0 Å². The molecule has 1 heterocycles. The first-order valence-electron chi connectivity index (χ1n) is 10.9. The Morgan fingerprint density at radius 3 is 2.86 bits per heavy atom. The highest BCUT2D eigenvalue weighted by Crippen LogP contribution is 2.56. The van der Waals surface area contributed by atoms with Crippen LogP contribution in [0.25, 0.3) is 0 Å². The number of carbonyl (C=O) groups is 1. The molecule has 3 aliphatic rings. The molecule has 4 nitrogen and oxygen atoms in total. The topological polar surface area (TPSA) is 49.8 Å². The molecule has 2 aromatic carbocycles. The molecule has 0 aromatic heterocycles. The van der Waals surface area contributed by atoms with Gasteiger partial charge in [0, 0.05) is 18.0 Å². The van der Waals surface area contributed by atoms with E-state index in [9.17, 15) is 9.90 Å². The molecule has 1 amide bonds. The number of phenols is 1. The lowest BCUT2D eigenvalue weighted by Gasteiger charge is -2.58. The number of aryl methyl sites for hydroxylation is 1. The number of likely N-dealkylation sites (tertiary alicyclic amines) is 1. The molecule has 152 valence electrons. The van der Waals surface area contributed by atoms with Crippen LogP contribution in [0.3, 0.4) is 0 Å². The van der Waals surface area contributed by atoms with E-state index in [-0.39, 0.29) is 17.6 Å². The summed E-state index contributed by atoms with van der Waals surface area (Å²) in [5.74, 6) is 0.870. The van der Waals surface area contributed by atoms with Gasteiger partial charge in [0.15, 0.2) is 0 Å². The van der Waals surface area contributed by atoms with Gasteiger partial charge in [0.05, 0.1) is 0 Å². The summed E-state index contributed by atoms with van der Waals surface area (Å²) in [6, 6.07) is 14.3. The Kier molecular flexibility index (Phi) is 4.53. The monoisotopic (exact) mass is 391 g/mol. The fourth-order valence-electron chi connectivity index (χ4n) is 6.20. The number of phenolic OH excluding ortho intramolecular Hbond substituents is 1. The Labute approximate surface area is 172 Å². The van der Waals surface area contributed by atoms with E-state index < -0.39 is 0 Å². The van der Waals surface area contributed by atoms with Crippen LogP contribution in [0.1, 0.15) is 54.4 Å². The van der Waals surface area contributed by atoms with Crippen molar-refractivity contribution in [3.8, 4) is 5.75 Å². The molecule has 2 bridgehead atoms. The van der Waals surface area contributed by atoms with Crippen molar-refractivity contribution in [3.05, 3.63) is 64.7 Å². The van der Waals surface area contributed by atoms with Gasteiger partial charge in [0.2, 0.25) is 0 Å². The normalized spacial score (nSPS) is 27.7. The lowest BCUT2D eigenvalue weighted by atomic mass is 9.52. The van der Waals surface area contributed by atoms with Crippen LogP contribution >= 0.6 is 0 Å². The number of piperidine rings is 1. The van der Waals surface area contributed by atoms with E-state index in [0.717, 1.165) is 43.4 Å². The second kappa shape index (κ2) is 7.08. The van der Waals surface area contributed by atoms with Gasteiger partial charge in [0.1, 0.15) is 12.4 Å². The first kappa shape index (κ1) is 18.5. The summed E-state index contributed by atoms with van der Waals surface area (Å²) in [4.78, 5) is 15.0. The maximum Gasteiger partial charge on any atom is 0.410 e. The van der Waals surface area contributed by atoms with Gasteiger partial charge in [-0.15, -0.1) is 0 Å². The van der Waals surface area contributed by atoms with Crippen molar-refractivity contribution in [2.45, 2.75) is 63.5 Å². The Bertz CT molecular complexity index is 925. The number of rotatable bonds is 2. The molecule has 1 saturated heterocycles. The summed E-state index contributed by atoms with van der Waals surface area (Å²) in [5.41, 5.74) is 4.70. The molecule has 2 aliphatic carbocycles. The lowest BCUT2D eigenvalue weighted by molar-refractivity contribution is -0.0137. The highest BCUT2D eigenvalue weighted by molar-refractivity contribution is 5.69. The predicted molar refractivity (Wildman–Crippen MR) is 112 cm³/mol. The van der Waals surface area contributed by atoms with Crippen LogP contribution in [0.4, 0.5) is 4.79 Å². The summed E-state index contributed by atoms with van der Waals surface area (Å²) in [6.45, 7) is 3.02. The van der Waals surface area contributed by atoms with E-state index in [1.807, 2.05) is 48.2 Å². The fourth-order valence-corrected chi connectivity index (χ4v) is 6.20. The number of aromatic hydroxyl groups is 1. The zero-order valence-electron chi connectivity index (χ0n) is 17.1. The molecule has 5 rings (SSSR count). The second-order valence-corrected chi connectivity index (χ2v) is 9.06. The highest BCUT2D eigenvalue weighted by atomic mass is 16.6. The predicted octanol–water partition coefficient (Wildman–Crippen LogP) is 5.10. The molecule has 0 radical (unpaired) electrons. The first-order valence-corrected chi connectivity index (χ1v) is 10.9. The van der Waals surface area contributed by atoms with Crippen LogP contribution in [0, 0.1) is 12.8 Å². The van der Waals surface area contributed by atoms with E-state index in [4.69, 9.17) is 4.74 Å². The third-order valence-corrected chi connectivity index (χ3v) is 7.59. The van der Waals surface area contributed by atoms with E-state index in [1.54, 1.807) is 0 Å². The first-order chi connectivity index (χ1) is 14.1.